The van der Waals surface area contributed by atoms with E-state index in [0.29, 0.717) is 18.8 Å². The molecule has 3 saturated heterocycles. The fraction of sp³-hybridized carbons (Fsp3) is 0.611. The van der Waals surface area contributed by atoms with Crippen LogP contribution in [-0.4, -0.2) is 71.4 Å². The molecule has 3 N–H and O–H groups in total. The van der Waals surface area contributed by atoms with E-state index in [-0.39, 0.29) is 37.5 Å². The van der Waals surface area contributed by atoms with Gasteiger partial charge in [0.15, 0.2) is 0 Å². The van der Waals surface area contributed by atoms with Crippen molar-refractivity contribution in [3.05, 3.63) is 23.3 Å². The van der Waals surface area contributed by atoms with Gasteiger partial charge in [0.25, 0.3) is 0 Å². The third-order valence-corrected chi connectivity index (χ3v) is 5.78. The Morgan fingerprint density at radius 3 is 1.93 bits per heavy atom. The molecule has 0 radical (unpaired) electrons. The number of carboxylic acids is 3. The minimum atomic E-state index is -2.16. The van der Waals surface area contributed by atoms with Crippen molar-refractivity contribution in [1.29, 1.82) is 0 Å². The smallest absolute Gasteiger partial charge is 0.333 e. The van der Waals surface area contributed by atoms with E-state index in [9.17, 15) is 29.7 Å². The van der Waals surface area contributed by atoms with Crippen LogP contribution < -0.4 is 0 Å². The first-order valence-electron chi connectivity index (χ1n) is 8.78. The van der Waals surface area contributed by atoms with Gasteiger partial charge in [-0.15, -0.1) is 0 Å². The number of hydrogen-bond donors (Lipinski definition) is 3. The molecule has 0 spiro atoms. The molecule has 146 valence electrons. The molecule has 0 aromatic carbocycles. The number of allylic oxidation sites excluding steroid dienone is 1. The molecule has 27 heavy (non-hydrogen) atoms. The van der Waals surface area contributed by atoms with Crippen molar-refractivity contribution in [1.82, 2.24) is 0 Å². The first kappa shape index (κ1) is 18.1. The van der Waals surface area contributed by atoms with Crippen molar-refractivity contribution < 1.29 is 43.9 Å². The Hall–Kier alpha value is -2.23. The average molecular weight is 380 g/mol. The van der Waals surface area contributed by atoms with Crippen LogP contribution in [0.25, 0.3) is 0 Å². The fourth-order valence-electron chi connectivity index (χ4n) is 4.21. The van der Waals surface area contributed by atoms with Crippen molar-refractivity contribution in [2.45, 2.75) is 37.6 Å². The van der Waals surface area contributed by atoms with E-state index in [1.165, 1.54) is 12.2 Å². The Balaban J connectivity index is 1.91. The topological polar surface area (TPSA) is 149 Å². The first-order chi connectivity index (χ1) is 12.8. The average Bonchev–Trinajstić information content (AvgIpc) is 3.40. The van der Waals surface area contributed by atoms with Crippen molar-refractivity contribution >= 4 is 17.9 Å². The summed E-state index contributed by atoms with van der Waals surface area (Å²) in [6.07, 6.45) is 1.62. The van der Waals surface area contributed by atoms with Crippen LogP contribution >= 0.6 is 0 Å². The predicted molar refractivity (Wildman–Crippen MR) is 87.0 cm³/mol. The molecule has 3 heterocycles. The first-order valence-corrected chi connectivity index (χ1v) is 8.78. The van der Waals surface area contributed by atoms with E-state index in [4.69, 9.17) is 14.2 Å². The third kappa shape index (κ3) is 2.95. The molecule has 3 aliphatic heterocycles. The van der Waals surface area contributed by atoms with E-state index in [0.717, 1.165) is 0 Å². The zero-order chi connectivity index (χ0) is 19.4. The SMILES string of the molecule is O=C(O)C1=C(CC2CO2)C=CC(CC2CO2)(C(=O)O)C1(CC1CO1)C(=O)O. The molecule has 0 aromatic rings. The number of carboxylic acid groups (broad SMARTS) is 3. The number of carbonyl (C=O) groups is 3. The van der Waals surface area contributed by atoms with Crippen LogP contribution in [0.2, 0.25) is 0 Å². The van der Waals surface area contributed by atoms with E-state index in [1.807, 2.05) is 0 Å². The van der Waals surface area contributed by atoms with Gasteiger partial charge in [0.1, 0.15) is 10.8 Å². The third-order valence-electron chi connectivity index (χ3n) is 5.78. The maximum absolute atomic E-state index is 12.6. The molecule has 0 aromatic heterocycles. The summed E-state index contributed by atoms with van der Waals surface area (Å²) >= 11 is 0. The molecule has 5 unspecified atom stereocenters. The van der Waals surface area contributed by atoms with Gasteiger partial charge in [-0.05, 0) is 18.4 Å². The minimum Gasteiger partial charge on any atom is -0.481 e. The van der Waals surface area contributed by atoms with Gasteiger partial charge in [-0.2, -0.15) is 0 Å². The summed E-state index contributed by atoms with van der Waals surface area (Å²) in [7, 11) is 0. The van der Waals surface area contributed by atoms with Gasteiger partial charge >= 0.3 is 17.9 Å². The summed E-state index contributed by atoms with van der Waals surface area (Å²) in [5.74, 6) is -4.28. The van der Waals surface area contributed by atoms with Crippen molar-refractivity contribution in [3.63, 3.8) is 0 Å². The second kappa shape index (κ2) is 6.15. The van der Waals surface area contributed by atoms with Crippen LogP contribution in [0.15, 0.2) is 23.3 Å². The van der Waals surface area contributed by atoms with Gasteiger partial charge in [-0.3, -0.25) is 9.59 Å². The standard InChI is InChI=1S/C18H20O9/c19-14(20)13-9(3-10-6-25-10)1-2-17(15(21)22,4-11-7-26-11)18(13,16(23)24)5-12-8-27-12/h1-2,10-12H,3-8H2,(H,19,20)(H,21,22)(H,23,24). The van der Waals surface area contributed by atoms with Crippen LogP contribution in [0, 0.1) is 10.8 Å². The van der Waals surface area contributed by atoms with Gasteiger partial charge in [-0.25, -0.2) is 4.79 Å². The number of ether oxygens (including phenoxy) is 3. The Labute approximate surface area is 154 Å². The van der Waals surface area contributed by atoms with Crippen LogP contribution in [0.5, 0.6) is 0 Å². The number of aliphatic carboxylic acids is 3. The predicted octanol–water partition coefficient (Wildman–Crippen LogP) is 0.446. The van der Waals surface area contributed by atoms with Crippen LogP contribution in [0.4, 0.5) is 0 Å². The highest BCUT2D eigenvalue weighted by molar-refractivity contribution is 6.03. The molecule has 0 bridgehead atoms. The molecular weight excluding hydrogens is 360 g/mol. The van der Waals surface area contributed by atoms with E-state index in [2.05, 4.69) is 0 Å². The molecule has 4 aliphatic rings. The number of rotatable bonds is 9. The summed E-state index contributed by atoms with van der Waals surface area (Å²) in [5.41, 5.74) is -4.18. The molecule has 9 heteroatoms. The lowest BCUT2D eigenvalue weighted by Crippen LogP contribution is -2.57. The van der Waals surface area contributed by atoms with E-state index >= 15 is 0 Å². The molecule has 9 nitrogen and oxygen atoms in total. The Bertz CT molecular complexity index is 757. The summed E-state index contributed by atoms with van der Waals surface area (Å²) in [6, 6.07) is 0. The largest absolute Gasteiger partial charge is 0.481 e. The van der Waals surface area contributed by atoms with Crippen molar-refractivity contribution in [2.75, 3.05) is 19.8 Å². The molecule has 4 rings (SSSR count). The van der Waals surface area contributed by atoms with Gasteiger partial charge in [0.2, 0.25) is 0 Å². The highest BCUT2D eigenvalue weighted by Crippen LogP contribution is 2.58. The lowest BCUT2D eigenvalue weighted by atomic mass is 9.52. The Morgan fingerprint density at radius 1 is 0.926 bits per heavy atom. The monoisotopic (exact) mass is 380 g/mol. The lowest BCUT2D eigenvalue weighted by molar-refractivity contribution is -0.170. The van der Waals surface area contributed by atoms with Crippen LogP contribution in [0.3, 0.4) is 0 Å². The zero-order valence-electron chi connectivity index (χ0n) is 14.4. The number of hydrogen-bond acceptors (Lipinski definition) is 6. The van der Waals surface area contributed by atoms with Crippen LogP contribution in [0.1, 0.15) is 19.3 Å². The highest BCUT2D eigenvalue weighted by Gasteiger charge is 2.68. The second-order valence-corrected chi connectivity index (χ2v) is 7.50. The quantitative estimate of drug-likeness (QED) is 0.484. The van der Waals surface area contributed by atoms with Gasteiger partial charge < -0.3 is 29.5 Å². The minimum absolute atomic E-state index is 0.109. The maximum atomic E-state index is 12.6. The van der Waals surface area contributed by atoms with E-state index < -0.39 is 40.9 Å². The lowest BCUT2D eigenvalue weighted by Gasteiger charge is -2.46. The van der Waals surface area contributed by atoms with E-state index in [1.54, 1.807) is 0 Å². The van der Waals surface area contributed by atoms with Crippen LogP contribution in [-0.2, 0) is 28.6 Å². The number of epoxide rings is 3. The second-order valence-electron chi connectivity index (χ2n) is 7.50. The highest BCUT2D eigenvalue weighted by atomic mass is 16.6. The zero-order valence-corrected chi connectivity index (χ0v) is 14.4. The van der Waals surface area contributed by atoms with Crippen molar-refractivity contribution in [2.24, 2.45) is 10.8 Å². The molecule has 1 aliphatic carbocycles. The Morgan fingerprint density at radius 2 is 1.48 bits per heavy atom. The van der Waals surface area contributed by atoms with Gasteiger partial charge in [0.05, 0.1) is 43.7 Å². The molecule has 0 saturated carbocycles. The van der Waals surface area contributed by atoms with Gasteiger partial charge in [0, 0.05) is 6.42 Å². The maximum Gasteiger partial charge on any atom is 0.333 e. The summed E-state index contributed by atoms with van der Waals surface area (Å²) in [4.78, 5) is 37.3. The summed E-state index contributed by atoms with van der Waals surface area (Å²) in [6.45, 7) is 1.08. The molecule has 5 atom stereocenters. The summed E-state index contributed by atoms with van der Waals surface area (Å²) in [5, 5.41) is 30.3. The van der Waals surface area contributed by atoms with Crippen molar-refractivity contribution in [3.8, 4) is 0 Å². The molecule has 3 fully saturated rings. The normalized spacial score (nSPS) is 39.2. The summed E-state index contributed by atoms with van der Waals surface area (Å²) < 4.78 is 15.5. The van der Waals surface area contributed by atoms with Gasteiger partial charge in [-0.1, -0.05) is 12.2 Å². The molecule has 0 amide bonds. The molecular formula is C18H20O9. The fourth-order valence-corrected chi connectivity index (χ4v) is 4.21. The Kier molecular flexibility index (Phi) is 4.13.